The van der Waals surface area contributed by atoms with E-state index in [-0.39, 0.29) is 0 Å². The Hall–Kier alpha value is -8.18. The minimum absolute atomic E-state index is 0.738. The van der Waals surface area contributed by atoms with Gasteiger partial charge in [0.2, 0.25) is 0 Å². The van der Waals surface area contributed by atoms with Crippen molar-refractivity contribution >= 4 is 107 Å². The smallest absolute Gasteiger partial charge is 0.161 e. The lowest BCUT2D eigenvalue weighted by Gasteiger charge is -2.15. The highest BCUT2D eigenvalue weighted by molar-refractivity contribution is 7.26. The standard InChI is InChI=1S/C61H37N3S/c1-2-15-41(16-3-1)64-56-24-12-9-20-48(56)49-29-27-39(36-57(49)64)59-51-22-8-11-23-55(51)62-61(63-59)54-34-37(33-53-50-21-10-13-25-58(50)65-60(53)54)32-40-35-52-46-28-26-38-14-4-5-17-42(38)45(46)30-31-47(52)44-19-7-6-18-43(40)44/h1-31,33-36H,32H2. The Bertz CT molecular complexity index is 4270. The average molecular weight is 844 g/mol. The van der Waals surface area contributed by atoms with Gasteiger partial charge < -0.3 is 4.57 Å². The summed E-state index contributed by atoms with van der Waals surface area (Å²) < 4.78 is 4.84. The molecule has 0 saturated carbocycles. The molecule has 14 aromatic rings. The molecule has 0 aliphatic rings. The molecule has 302 valence electrons. The number of hydrogen-bond acceptors (Lipinski definition) is 3. The molecule has 65 heavy (non-hydrogen) atoms. The minimum atomic E-state index is 0.738. The lowest BCUT2D eigenvalue weighted by atomic mass is 9.89. The second kappa shape index (κ2) is 14.2. The van der Waals surface area contributed by atoms with Crippen molar-refractivity contribution in [3.05, 3.63) is 223 Å². The zero-order valence-corrected chi connectivity index (χ0v) is 36.0. The van der Waals surface area contributed by atoms with Gasteiger partial charge in [-0.15, -0.1) is 11.3 Å². The topological polar surface area (TPSA) is 30.7 Å². The quantitative estimate of drug-likeness (QED) is 0.162. The maximum absolute atomic E-state index is 5.61. The van der Waals surface area contributed by atoms with E-state index in [1.807, 2.05) is 11.3 Å². The third-order valence-electron chi connectivity index (χ3n) is 13.6. The number of aromatic nitrogens is 3. The van der Waals surface area contributed by atoms with Gasteiger partial charge in [0.05, 0.1) is 22.2 Å². The summed E-state index contributed by atoms with van der Waals surface area (Å²) in [6.07, 6.45) is 0.759. The molecule has 0 saturated heterocycles. The molecule has 4 heteroatoms. The fourth-order valence-corrected chi connectivity index (χ4v) is 11.9. The molecule has 3 aromatic heterocycles. The van der Waals surface area contributed by atoms with Gasteiger partial charge >= 0.3 is 0 Å². The van der Waals surface area contributed by atoms with Gasteiger partial charge in [0.25, 0.3) is 0 Å². The van der Waals surface area contributed by atoms with E-state index >= 15 is 0 Å². The van der Waals surface area contributed by atoms with Crippen LogP contribution in [0.4, 0.5) is 0 Å². The van der Waals surface area contributed by atoms with Gasteiger partial charge in [0.15, 0.2) is 5.82 Å². The normalized spacial score (nSPS) is 12.1. The second-order valence-corrected chi connectivity index (χ2v) is 18.3. The van der Waals surface area contributed by atoms with Crippen LogP contribution in [0.1, 0.15) is 11.1 Å². The van der Waals surface area contributed by atoms with E-state index in [0.29, 0.717) is 0 Å². The van der Waals surface area contributed by atoms with Crippen LogP contribution < -0.4 is 0 Å². The number of para-hydroxylation sites is 3. The highest BCUT2D eigenvalue weighted by Gasteiger charge is 2.20. The molecule has 0 fully saturated rings. The lowest BCUT2D eigenvalue weighted by Crippen LogP contribution is -1.98. The molecule has 0 N–H and O–H groups in total. The van der Waals surface area contributed by atoms with Crippen LogP contribution in [0.25, 0.3) is 124 Å². The average Bonchev–Trinajstić information content (AvgIpc) is 3.91. The van der Waals surface area contributed by atoms with Crippen LogP contribution in [0, 0.1) is 0 Å². The maximum atomic E-state index is 5.61. The first kappa shape index (κ1) is 36.3. The molecule has 0 amide bonds. The molecule has 3 heterocycles. The summed E-state index contributed by atoms with van der Waals surface area (Å²) >= 11 is 1.83. The van der Waals surface area contributed by atoms with Crippen molar-refractivity contribution in [2.24, 2.45) is 0 Å². The Kier molecular flexibility index (Phi) is 7.92. The molecule has 3 nitrogen and oxygen atoms in total. The molecule has 11 aromatic carbocycles. The maximum Gasteiger partial charge on any atom is 0.161 e. The molecule has 0 spiro atoms. The molecule has 0 aliphatic carbocycles. The van der Waals surface area contributed by atoms with E-state index in [9.17, 15) is 0 Å². The van der Waals surface area contributed by atoms with Crippen LogP contribution in [0.15, 0.2) is 212 Å². The predicted octanol–water partition coefficient (Wildman–Crippen LogP) is 16.6. The molecular formula is C61H37N3S. The van der Waals surface area contributed by atoms with Gasteiger partial charge in [-0.3, -0.25) is 0 Å². The number of benzene rings is 11. The summed E-state index contributed by atoms with van der Waals surface area (Å²) in [5, 5.41) is 16.2. The van der Waals surface area contributed by atoms with Crippen molar-refractivity contribution in [2.75, 3.05) is 0 Å². The van der Waals surface area contributed by atoms with E-state index in [0.717, 1.165) is 51.2 Å². The van der Waals surface area contributed by atoms with Gasteiger partial charge in [-0.05, 0) is 115 Å². The van der Waals surface area contributed by atoms with E-state index in [4.69, 9.17) is 9.97 Å². The monoisotopic (exact) mass is 843 g/mol. The Balaban J connectivity index is 0.992. The van der Waals surface area contributed by atoms with Crippen LogP contribution in [0.3, 0.4) is 0 Å². The highest BCUT2D eigenvalue weighted by atomic mass is 32.1. The van der Waals surface area contributed by atoms with E-state index < -0.39 is 0 Å². The molecule has 0 unspecified atom stereocenters. The largest absolute Gasteiger partial charge is 0.309 e. The number of fused-ring (bicyclic) bond motifs is 14. The third kappa shape index (κ3) is 5.61. The Morgan fingerprint density at radius 1 is 0.400 bits per heavy atom. The highest BCUT2D eigenvalue weighted by Crippen LogP contribution is 2.44. The van der Waals surface area contributed by atoms with Crippen molar-refractivity contribution in [1.29, 1.82) is 0 Å². The first-order valence-corrected chi connectivity index (χ1v) is 23.1. The Morgan fingerprint density at radius 3 is 1.89 bits per heavy atom. The molecule has 14 rings (SSSR count). The summed E-state index contributed by atoms with van der Waals surface area (Å²) in [7, 11) is 0. The predicted molar refractivity (Wildman–Crippen MR) is 277 cm³/mol. The van der Waals surface area contributed by atoms with Crippen molar-refractivity contribution in [3.63, 3.8) is 0 Å². The Labute approximate surface area is 378 Å². The van der Waals surface area contributed by atoms with E-state index in [2.05, 4.69) is 217 Å². The summed E-state index contributed by atoms with van der Waals surface area (Å²) in [4.78, 5) is 11.0. The zero-order valence-electron chi connectivity index (χ0n) is 35.2. The van der Waals surface area contributed by atoms with Crippen LogP contribution >= 0.6 is 11.3 Å². The van der Waals surface area contributed by atoms with Gasteiger partial charge in [0.1, 0.15) is 0 Å². The second-order valence-electron chi connectivity index (χ2n) is 17.3. The minimum Gasteiger partial charge on any atom is -0.309 e. The summed E-state index contributed by atoms with van der Waals surface area (Å²) in [5.41, 5.74) is 9.98. The number of thiophene rings is 1. The number of hydrogen-bond donors (Lipinski definition) is 0. The fourth-order valence-electron chi connectivity index (χ4n) is 10.7. The first-order chi connectivity index (χ1) is 32.2. The van der Waals surface area contributed by atoms with Crippen molar-refractivity contribution in [1.82, 2.24) is 14.5 Å². The number of rotatable bonds is 5. The number of nitrogens with zero attached hydrogens (tertiary/aromatic N) is 3. The van der Waals surface area contributed by atoms with Crippen LogP contribution in [0.2, 0.25) is 0 Å². The van der Waals surface area contributed by atoms with Crippen molar-refractivity contribution in [2.45, 2.75) is 6.42 Å². The van der Waals surface area contributed by atoms with Gasteiger partial charge in [-0.2, -0.15) is 0 Å². The van der Waals surface area contributed by atoms with E-state index in [1.54, 1.807) is 0 Å². The third-order valence-corrected chi connectivity index (χ3v) is 14.8. The van der Waals surface area contributed by atoms with Crippen molar-refractivity contribution < 1.29 is 0 Å². The summed E-state index contributed by atoms with van der Waals surface area (Å²) in [6.45, 7) is 0. The zero-order chi connectivity index (χ0) is 42.6. The van der Waals surface area contributed by atoms with Gasteiger partial charge in [-0.1, -0.05) is 158 Å². The van der Waals surface area contributed by atoms with Gasteiger partial charge in [-0.25, -0.2) is 9.97 Å². The SMILES string of the molecule is c1ccc(-n2c3ccccc3c3ccc(-c4nc(-c5cc(Cc6cc7c(ccc8c9ccccc9ccc87)c7ccccc67)cc6c5sc5ccccc56)nc5ccccc45)cc32)cc1. The molecule has 0 aliphatic heterocycles. The van der Waals surface area contributed by atoms with E-state index in [1.165, 1.54) is 90.7 Å². The van der Waals surface area contributed by atoms with Crippen molar-refractivity contribution in [3.8, 4) is 28.3 Å². The fraction of sp³-hybridized carbons (Fsp3) is 0.0164. The van der Waals surface area contributed by atoms with Crippen LogP contribution in [-0.4, -0.2) is 14.5 Å². The molecule has 0 radical (unpaired) electrons. The van der Waals surface area contributed by atoms with Crippen LogP contribution in [0.5, 0.6) is 0 Å². The lowest BCUT2D eigenvalue weighted by molar-refractivity contribution is 1.18. The van der Waals surface area contributed by atoms with Crippen LogP contribution in [-0.2, 0) is 6.42 Å². The Morgan fingerprint density at radius 2 is 1.03 bits per heavy atom. The summed E-state index contributed by atoms with van der Waals surface area (Å²) in [6, 6.07) is 77.6. The molecule has 0 atom stereocenters. The van der Waals surface area contributed by atoms with Gasteiger partial charge in [0, 0.05) is 53.1 Å². The first-order valence-electron chi connectivity index (χ1n) is 22.3. The summed E-state index contributed by atoms with van der Waals surface area (Å²) in [5.74, 6) is 0.738. The molecule has 0 bridgehead atoms. The molecular weight excluding hydrogens is 807 g/mol.